The Morgan fingerprint density at radius 2 is 2.05 bits per heavy atom. The fourth-order valence-electron chi connectivity index (χ4n) is 2.22. The number of rotatable bonds is 2. The van der Waals surface area contributed by atoms with Gasteiger partial charge in [-0.3, -0.25) is 14.9 Å². The van der Waals surface area contributed by atoms with Crippen molar-refractivity contribution >= 4 is 34.6 Å². The molecule has 0 fully saturated rings. The van der Waals surface area contributed by atoms with Crippen molar-refractivity contribution < 1.29 is 9.72 Å². The van der Waals surface area contributed by atoms with E-state index in [1.807, 2.05) is 0 Å². The summed E-state index contributed by atoms with van der Waals surface area (Å²) in [6, 6.07) is 9.66. The molecule has 1 aromatic carbocycles. The highest BCUT2D eigenvalue weighted by Gasteiger charge is 2.29. The predicted molar refractivity (Wildman–Crippen MR) is 77.4 cm³/mol. The smallest absolute Gasteiger partial charge is 0.312 e. The third kappa shape index (κ3) is 2.22. The molecule has 2 aromatic rings. The standard InChI is InChI=1S/C13H11N5O3/c14-11-6-5-10(18(20)21)13(16-11)17-7-12(19)15-8-3-1-2-4-9(8)17/h1-6H,7H2,(H2,14,16)(H,15,19). The van der Waals surface area contributed by atoms with Gasteiger partial charge in [0.25, 0.3) is 0 Å². The first-order valence-corrected chi connectivity index (χ1v) is 6.13. The predicted octanol–water partition coefficient (Wildman–Crippen LogP) is 1.66. The molecule has 106 valence electrons. The highest BCUT2D eigenvalue weighted by atomic mass is 16.6. The number of anilines is 4. The van der Waals surface area contributed by atoms with E-state index < -0.39 is 4.92 Å². The van der Waals surface area contributed by atoms with E-state index in [-0.39, 0.29) is 29.8 Å². The lowest BCUT2D eigenvalue weighted by atomic mass is 10.2. The third-order valence-corrected chi connectivity index (χ3v) is 3.10. The molecule has 0 bridgehead atoms. The summed E-state index contributed by atoms with van der Waals surface area (Å²) in [4.78, 5) is 27.9. The zero-order valence-electron chi connectivity index (χ0n) is 10.8. The van der Waals surface area contributed by atoms with E-state index in [9.17, 15) is 14.9 Å². The van der Waals surface area contributed by atoms with Gasteiger partial charge < -0.3 is 16.0 Å². The Kier molecular flexibility index (Phi) is 2.90. The molecule has 0 saturated heterocycles. The van der Waals surface area contributed by atoms with Crippen molar-refractivity contribution in [3.05, 3.63) is 46.5 Å². The number of aromatic nitrogens is 1. The first kappa shape index (κ1) is 12.9. The summed E-state index contributed by atoms with van der Waals surface area (Å²) in [7, 11) is 0. The van der Waals surface area contributed by atoms with E-state index in [2.05, 4.69) is 10.3 Å². The number of nitro groups is 1. The molecule has 1 aromatic heterocycles. The normalized spacial score (nSPS) is 13.5. The lowest BCUT2D eigenvalue weighted by Crippen LogP contribution is -2.35. The van der Waals surface area contributed by atoms with Gasteiger partial charge in [-0.2, -0.15) is 0 Å². The fraction of sp³-hybridized carbons (Fsp3) is 0.0769. The molecule has 1 amide bonds. The molecule has 0 radical (unpaired) electrons. The summed E-state index contributed by atoms with van der Waals surface area (Å²) < 4.78 is 0. The monoisotopic (exact) mass is 285 g/mol. The number of pyridine rings is 1. The largest absolute Gasteiger partial charge is 0.384 e. The third-order valence-electron chi connectivity index (χ3n) is 3.10. The minimum atomic E-state index is -0.545. The van der Waals surface area contributed by atoms with Crippen molar-refractivity contribution in [1.29, 1.82) is 0 Å². The van der Waals surface area contributed by atoms with Crippen molar-refractivity contribution in [1.82, 2.24) is 4.98 Å². The second-order valence-electron chi connectivity index (χ2n) is 4.49. The summed E-state index contributed by atoms with van der Waals surface area (Å²) in [5.41, 5.74) is 6.64. The SMILES string of the molecule is Nc1ccc([N+](=O)[O-])c(N2CC(=O)Nc3ccccc32)n1. The number of para-hydroxylation sites is 2. The maximum atomic E-state index is 11.8. The molecule has 1 aliphatic rings. The van der Waals surface area contributed by atoms with Gasteiger partial charge in [-0.25, -0.2) is 4.98 Å². The zero-order chi connectivity index (χ0) is 15.0. The molecule has 0 atom stereocenters. The van der Waals surface area contributed by atoms with Crippen LogP contribution in [-0.2, 0) is 4.79 Å². The number of benzene rings is 1. The molecule has 0 unspecified atom stereocenters. The summed E-state index contributed by atoms with van der Waals surface area (Å²) >= 11 is 0. The average molecular weight is 285 g/mol. The van der Waals surface area contributed by atoms with Crippen molar-refractivity contribution in [3.8, 4) is 0 Å². The van der Waals surface area contributed by atoms with E-state index in [0.717, 1.165) is 0 Å². The molecule has 8 heteroatoms. The fourth-order valence-corrected chi connectivity index (χ4v) is 2.22. The summed E-state index contributed by atoms with van der Waals surface area (Å²) in [6.07, 6.45) is 0. The highest BCUT2D eigenvalue weighted by Crippen LogP contribution is 2.38. The van der Waals surface area contributed by atoms with Crippen molar-refractivity contribution in [2.24, 2.45) is 0 Å². The first-order chi connectivity index (χ1) is 10.1. The topological polar surface area (TPSA) is 114 Å². The van der Waals surface area contributed by atoms with Crippen LogP contribution in [0.25, 0.3) is 0 Å². The molecule has 3 rings (SSSR count). The number of amides is 1. The van der Waals surface area contributed by atoms with Gasteiger partial charge in [-0.15, -0.1) is 0 Å². The van der Waals surface area contributed by atoms with Gasteiger partial charge in [0.2, 0.25) is 11.7 Å². The molecule has 21 heavy (non-hydrogen) atoms. The Bertz CT molecular complexity index is 746. The number of fused-ring (bicyclic) bond motifs is 1. The van der Waals surface area contributed by atoms with Gasteiger partial charge in [0.1, 0.15) is 12.4 Å². The maximum Gasteiger partial charge on any atom is 0.312 e. The van der Waals surface area contributed by atoms with E-state index in [4.69, 9.17) is 5.73 Å². The molecular formula is C13H11N5O3. The van der Waals surface area contributed by atoms with Crippen LogP contribution in [0.3, 0.4) is 0 Å². The molecule has 0 aliphatic carbocycles. The molecule has 2 heterocycles. The average Bonchev–Trinajstić information content (AvgIpc) is 2.45. The lowest BCUT2D eigenvalue weighted by Gasteiger charge is -2.29. The number of carbonyl (C=O) groups excluding carboxylic acids is 1. The van der Waals surface area contributed by atoms with Gasteiger partial charge in [0, 0.05) is 6.07 Å². The first-order valence-electron chi connectivity index (χ1n) is 6.13. The van der Waals surface area contributed by atoms with Crippen molar-refractivity contribution in [2.45, 2.75) is 0 Å². The Labute approximate surface area is 119 Å². The van der Waals surface area contributed by atoms with Crippen LogP contribution in [0.4, 0.5) is 28.7 Å². The minimum absolute atomic E-state index is 0.0577. The van der Waals surface area contributed by atoms with Gasteiger partial charge in [0.05, 0.1) is 16.3 Å². The Hall–Kier alpha value is -3.16. The van der Waals surface area contributed by atoms with E-state index in [0.29, 0.717) is 11.4 Å². The van der Waals surface area contributed by atoms with Gasteiger partial charge in [-0.05, 0) is 18.2 Å². The number of nitrogens with one attached hydrogen (secondary N) is 1. The lowest BCUT2D eigenvalue weighted by molar-refractivity contribution is -0.384. The Balaban J connectivity index is 2.19. The molecule has 0 spiro atoms. The Morgan fingerprint density at radius 3 is 2.81 bits per heavy atom. The number of carbonyl (C=O) groups is 1. The van der Waals surface area contributed by atoms with Crippen LogP contribution in [0.2, 0.25) is 0 Å². The molecular weight excluding hydrogens is 274 g/mol. The van der Waals surface area contributed by atoms with Crippen LogP contribution in [0, 0.1) is 10.1 Å². The van der Waals surface area contributed by atoms with Crippen LogP contribution in [0.1, 0.15) is 0 Å². The van der Waals surface area contributed by atoms with Crippen LogP contribution >= 0.6 is 0 Å². The Morgan fingerprint density at radius 1 is 1.29 bits per heavy atom. The van der Waals surface area contributed by atoms with Gasteiger partial charge in [0.15, 0.2) is 0 Å². The number of nitrogens with two attached hydrogens (primary N) is 1. The number of nitrogen functional groups attached to an aromatic ring is 1. The summed E-state index contributed by atoms with van der Waals surface area (Å²) in [5.74, 6) is -0.0615. The molecule has 0 saturated carbocycles. The van der Waals surface area contributed by atoms with E-state index in [1.165, 1.54) is 17.0 Å². The van der Waals surface area contributed by atoms with Crippen LogP contribution in [0.5, 0.6) is 0 Å². The second kappa shape index (κ2) is 4.75. The number of nitrogens with zero attached hydrogens (tertiary/aromatic N) is 3. The quantitative estimate of drug-likeness (QED) is 0.640. The van der Waals surface area contributed by atoms with Crippen LogP contribution in [0.15, 0.2) is 36.4 Å². The summed E-state index contributed by atoms with van der Waals surface area (Å²) in [5, 5.41) is 13.9. The maximum absolute atomic E-state index is 11.8. The molecule has 1 aliphatic heterocycles. The van der Waals surface area contributed by atoms with Gasteiger partial charge >= 0.3 is 5.69 Å². The molecule has 3 N–H and O–H groups in total. The zero-order valence-corrected chi connectivity index (χ0v) is 10.8. The van der Waals surface area contributed by atoms with E-state index >= 15 is 0 Å². The van der Waals surface area contributed by atoms with Crippen LogP contribution in [-0.4, -0.2) is 22.4 Å². The van der Waals surface area contributed by atoms with Crippen LogP contribution < -0.4 is 16.0 Å². The minimum Gasteiger partial charge on any atom is -0.384 e. The van der Waals surface area contributed by atoms with Gasteiger partial charge in [-0.1, -0.05) is 12.1 Å². The van der Waals surface area contributed by atoms with Crippen molar-refractivity contribution in [2.75, 3.05) is 22.5 Å². The highest BCUT2D eigenvalue weighted by molar-refractivity contribution is 6.03. The number of hydrogen-bond acceptors (Lipinski definition) is 6. The van der Waals surface area contributed by atoms with Crippen molar-refractivity contribution in [3.63, 3.8) is 0 Å². The second-order valence-corrected chi connectivity index (χ2v) is 4.49. The summed E-state index contributed by atoms with van der Waals surface area (Å²) in [6.45, 7) is -0.0612. The molecule has 8 nitrogen and oxygen atoms in total. The number of hydrogen-bond donors (Lipinski definition) is 2. The van der Waals surface area contributed by atoms with E-state index in [1.54, 1.807) is 24.3 Å².